The second-order valence-electron chi connectivity index (χ2n) is 2.06. The number of aromatic carboxylic acids is 1. The Labute approximate surface area is 72.8 Å². The molecular weight excluding hydrogens is 227 g/mol. The molecule has 11 heavy (non-hydrogen) atoms. The van der Waals surface area contributed by atoms with Crippen LogP contribution in [-0.4, -0.2) is 25.6 Å². The fraction of sp³-hybridized carbons (Fsp3) is 0. The van der Waals surface area contributed by atoms with Crippen molar-refractivity contribution in [3.8, 4) is 0 Å². The van der Waals surface area contributed by atoms with Crippen LogP contribution in [0.4, 0.5) is 0 Å². The molecule has 0 aliphatic heterocycles. The first-order chi connectivity index (χ1) is 5.27. The van der Waals surface area contributed by atoms with Crippen LogP contribution in [-0.2, 0) is 0 Å². The van der Waals surface area contributed by atoms with Gasteiger partial charge < -0.3 is 0 Å². The van der Waals surface area contributed by atoms with E-state index in [9.17, 15) is 4.79 Å². The zero-order valence-corrected chi connectivity index (χ0v) is 7.93. The van der Waals surface area contributed by atoms with Gasteiger partial charge in [0.25, 0.3) is 0 Å². The van der Waals surface area contributed by atoms with Crippen LogP contribution < -0.4 is 0 Å². The minimum atomic E-state index is -0.811. The van der Waals surface area contributed by atoms with Crippen molar-refractivity contribution in [2.24, 2.45) is 0 Å². The molecule has 0 saturated heterocycles. The van der Waals surface area contributed by atoms with Gasteiger partial charge in [0.2, 0.25) is 0 Å². The first kappa shape index (κ1) is 7.10. The van der Waals surface area contributed by atoms with Crippen LogP contribution >= 0.6 is 11.3 Å². The maximum absolute atomic E-state index is 10.5. The summed E-state index contributed by atoms with van der Waals surface area (Å²) in [5.74, 6) is -0.811. The molecule has 2 rings (SSSR count). The number of carboxylic acids is 1. The van der Waals surface area contributed by atoms with E-state index >= 15 is 0 Å². The summed E-state index contributed by atoms with van der Waals surface area (Å²) >= 11 is 1.73. The van der Waals surface area contributed by atoms with Gasteiger partial charge in [0.05, 0.1) is 0 Å². The third-order valence-corrected chi connectivity index (χ3v) is 4.54. The van der Waals surface area contributed by atoms with E-state index in [0.717, 1.165) is 4.70 Å². The Bertz CT molecular complexity index is 373. The SMILES string of the molecule is O=C(O)c1cc2[se]ccc2s1. The molecule has 0 aliphatic carbocycles. The van der Waals surface area contributed by atoms with Gasteiger partial charge in [-0.05, 0) is 0 Å². The summed E-state index contributed by atoms with van der Waals surface area (Å²) < 4.78 is 2.34. The van der Waals surface area contributed by atoms with E-state index < -0.39 is 5.97 Å². The van der Waals surface area contributed by atoms with Gasteiger partial charge in [0, 0.05) is 0 Å². The minimum absolute atomic E-state index is 0.375. The molecule has 2 aromatic rings. The molecular formula is C7H4O2SSe. The fourth-order valence-electron chi connectivity index (χ4n) is 0.871. The zero-order valence-electron chi connectivity index (χ0n) is 5.40. The van der Waals surface area contributed by atoms with Gasteiger partial charge >= 0.3 is 72.6 Å². The number of hydrogen-bond acceptors (Lipinski definition) is 2. The third-order valence-electron chi connectivity index (χ3n) is 1.35. The summed E-state index contributed by atoms with van der Waals surface area (Å²) in [4.78, 5) is 13.1. The molecule has 0 saturated carbocycles. The molecule has 2 heterocycles. The molecule has 0 unspecified atom stereocenters. The van der Waals surface area contributed by atoms with E-state index in [4.69, 9.17) is 5.11 Å². The Morgan fingerprint density at radius 2 is 2.45 bits per heavy atom. The topological polar surface area (TPSA) is 37.3 Å². The molecule has 0 atom stereocenters. The first-order valence-corrected chi connectivity index (χ1v) is 5.64. The van der Waals surface area contributed by atoms with Crippen LogP contribution in [0.5, 0.6) is 0 Å². The molecule has 0 fully saturated rings. The Hall–Kier alpha value is -0.571. The molecule has 0 spiro atoms. The molecule has 0 radical (unpaired) electrons. The van der Waals surface area contributed by atoms with Crippen molar-refractivity contribution in [2.75, 3.05) is 0 Å². The van der Waals surface area contributed by atoms with Crippen molar-refractivity contribution in [2.45, 2.75) is 0 Å². The average molecular weight is 231 g/mol. The predicted molar refractivity (Wildman–Crippen MR) is 45.7 cm³/mol. The number of carboxylic acid groups (broad SMARTS) is 1. The number of fused-ring (bicyclic) bond motifs is 1. The van der Waals surface area contributed by atoms with E-state index in [1.807, 2.05) is 6.07 Å². The van der Waals surface area contributed by atoms with Crippen molar-refractivity contribution in [1.29, 1.82) is 0 Å². The summed E-state index contributed by atoms with van der Waals surface area (Å²) in [7, 11) is 0. The molecule has 0 aliphatic rings. The van der Waals surface area contributed by atoms with Crippen LogP contribution in [0, 0.1) is 0 Å². The van der Waals surface area contributed by atoms with Gasteiger partial charge in [0.15, 0.2) is 0 Å². The number of carbonyl (C=O) groups is 1. The number of hydrogen-bond donors (Lipinski definition) is 1. The molecule has 1 N–H and O–H groups in total. The van der Waals surface area contributed by atoms with Crippen molar-refractivity contribution >= 4 is 40.8 Å². The molecule has 56 valence electrons. The standard InChI is InChI=1S/C7H4O2SSe/c8-7(9)5-3-6-4(10-5)1-2-11-6/h1-3H,(H,8,9). The molecule has 2 aromatic heterocycles. The van der Waals surface area contributed by atoms with E-state index in [1.165, 1.54) is 15.6 Å². The van der Waals surface area contributed by atoms with Crippen molar-refractivity contribution < 1.29 is 9.90 Å². The normalized spacial score (nSPS) is 10.5. The Kier molecular flexibility index (Phi) is 1.60. The number of thiophene rings is 1. The van der Waals surface area contributed by atoms with E-state index in [1.54, 1.807) is 6.07 Å². The van der Waals surface area contributed by atoms with Crippen LogP contribution in [0.1, 0.15) is 9.67 Å². The van der Waals surface area contributed by atoms with Crippen LogP contribution in [0.2, 0.25) is 0 Å². The van der Waals surface area contributed by atoms with Crippen LogP contribution in [0.15, 0.2) is 17.1 Å². The van der Waals surface area contributed by atoms with Gasteiger partial charge in [-0.25, -0.2) is 0 Å². The molecule has 0 aromatic carbocycles. The van der Waals surface area contributed by atoms with Gasteiger partial charge in [-0.1, -0.05) is 0 Å². The fourth-order valence-corrected chi connectivity index (χ4v) is 4.06. The van der Waals surface area contributed by atoms with E-state index in [2.05, 4.69) is 4.94 Å². The summed E-state index contributed by atoms with van der Waals surface area (Å²) in [5, 5.41) is 8.64. The van der Waals surface area contributed by atoms with Crippen LogP contribution in [0.25, 0.3) is 8.96 Å². The third kappa shape index (κ3) is 1.13. The number of rotatable bonds is 1. The molecule has 0 amide bonds. The van der Waals surface area contributed by atoms with Crippen molar-refractivity contribution in [1.82, 2.24) is 0 Å². The Morgan fingerprint density at radius 1 is 1.64 bits per heavy atom. The Balaban J connectivity index is 2.67. The average Bonchev–Trinajstić information content (AvgIpc) is 2.40. The predicted octanol–water partition coefficient (Wildman–Crippen LogP) is 1.66. The van der Waals surface area contributed by atoms with Crippen LogP contribution in [0.3, 0.4) is 0 Å². The second kappa shape index (κ2) is 2.48. The molecule has 4 heteroatoms. The van der Waals surface area contributed by atoms with Crippen molar-refractivity contribution in [3.63, 3.8) is 0 Å². The zero-order chi connectivity index (χ0) is 7.84. The molecule has 0 bridgehead atoms. The van der Waals surface area contributed by atoms with E-state index in [0.29, 0.717) is 19.4 Å². The van der Waals surface area contributed by atoms with E-state index in [-0.39, 0.29) is 0 Å². The summed E-state index contributed by atoms with van der Waals surface area (Å²) in [6, 6.07) is 3.79. The first-order valence-electron chi connectivity index (χ1n) is 2.98. The summed E-state index contributed by atoms with van der Waals surface area (Å²) in [6.45, 7) is 0. The van der Waals surface area contributed by atoms with Crippen molar-refractivity contribution in [3.05, 3.63) is 22.0 Å². The van der Waals surface area contributed by atoms with Gasteiger partial charge in [-0.2, -0.15) is 0 Å². The molecule has 2 nitrogen and oxygen atoms in total. The van der Waals surface area contributed by atoms with Gasteiger partial charge in [-0.15, -0.1) is 0 Å². The Morgan fingerprint density at radius 3 is 3.09 bits per heavy atom. The second-order valence-corrected chi connectivity index (χ2v) is 5.14. The summed E-state index contributed by atoms with van der Waals surface area (Å²) in [5.41, 5.74) is 0. The quantitative estimate of drug-likeness (QED) is 0.758. The van der Waals surface area contributed by atoms with Gasteiger partial charge in [-0.3, -0.25) is 0 Å². The monoisotopic (exact) mass is 232 g/mol. The van der Waals surface area contributed by atoms with Gasteiger partial charge in [0.1, 0.15) is 0 Å². The summed E-state index contributed by atoms with van der Waals surface area (Å²) in [6.07, 6.45) is 0. The maximum atomic E-state index is 10.5.